The topological polar surface area (TPSA) is 103 Å². The molecular formula is C39H49N5O5. The number of hydrogen-bond acceptors (Lipinski definition) is 8. The number of anilines is 2. The van der Waals surface area contributed by atoms with E-state index in [1.54, 1.807) is 4.90 Å². The third-order valence-electron chi connectivity index (χ3n) is 11.0. The predicted octanol–water partition coefficient (Wildman–Crippen LogP) is 5.49. The van der Waals surface area contributed by atoms with Crippen molar-refractivity contribution in [3.8, 4) is 11.1 Å². The molecule has 0 aliphatic carbocycles. The molecule has 10 nitrogen and oxygen atoms in total. The first-order chi connectivity index (χ1) is 23.6. The van der Waals surface area contributed by atoms with Gasteiger partial charge in [0.1, 0.15) is 5.70 Å². The lowest BCUT2D eigenvalue weighted by molar-refractivity contribution is 0.0846. The molecule has 0 bridgehead atoms. The van der Waals surface area contributed by atoms with Gasteiger partial charge in [0.2, 0.25) is 0 Å². The van der Waals surface area contributed by atoms with Gasteiger partial charge in [-0.3, -0.25) is 4.79 Å². The van der Waals surface area contributed by atoms with Crippen LogP contribution < -0.4 is 20.4 Å². The molecule has 0 radical (unpaired) electrons. The molecule has 2 fully saturated rings. The number of ether oxygens (including phenoxy) is 2. The predicted molar refractivity (Wildman–Crippen MR) is 193 cm³/mol. The average molecular weight is 668 g/mol. The Labute approximate surface area is 289 Å². The molecule has 260 valence electrons. The summed E-state index contributed by atoms with van der Waals surface area (Å²) >= 11 is 0. The van der Waals surface area contributed by atoms with Crippen molar-refractivity contribution in [1.82, 2.24) is 15.5 Å². The van der Waals surface area contributed by atoms with Gasteiger partial charge in [-0.25, -0.2) is 9.59 Å². The van der Waals surface area contributed by atoms with E-state index in [-0.39, 0.29) is 24.0 Å². The maximum atomic E-state index is 14.1. The van der Waals surface area contributed by atoms with Gasteiger partial charge in [0.05, 0.1) is 7.11 Å². The van der Waals surface area contributed by atoms with E-state index in [2.05, 4.69) is 58.7 Å². The maximum absolute atomic E-state index is 14.1. The van der Waals surface area contributed by atoms with Crippen LogP contribution in [0.5, 0.6) is 0 Å². The fourth-order valence-corrected chi connectivity index (χ4v) is 8.29. The van der Waals surface area contributed by atoms with Gasteiger partial charge in [-0.15, -0.1) is 0 Å². The van der Waals surface area contributed by atoms with Crippen LogP contribution in [0.2, 0.25) is 0 Å². The van der Waals surface area contributed by atoms with E-state index in [1.165, 1.54) is 18.4 Å². The largest absolute Gasteiger partial charge is 0.453 e. The van der Waals surface area contributed by atoms with Gasteiger partial charge in [0.15, 0.2) is 5.94 Å². The highest BCUT2D eigenvalue weighted by molar-refractivity contribution is 5.99. The number of benzene rings is 2. The molecule has 10 heteroatoms. The molecule has 2 aromatic carbocycles. The molecule has 49 heavy (non-hydrogen) atoms. The number of carbonyl (C=O) groups is 2. The number of carbonyl (C=O) groups excluding carboxylic acids is 3. The number of fused-ring (bicyclic) bond motifs is 2. The summed E-state index contributed by atoms with van der Waals surface area (Å²) in [7, 11) is 3.58. The van der Waals surface area contributed by atoms with Crippen LogP contribution in [-0.4, -0.2) is 89.0 Å². The van der Waals surface area contributed by atoms with Gasteiger partial charge in [-0.05, 0) is 105 Å². The molecule has 2 N–H and O–H groups in total. The molecule has 2 amide bonds. The first-order valence-electron chi connectivity index (χ1n) is 17.5. The monoisotopic (exact) mass is 667 g/mol. The second kappa shape index (κ2) is 14.1. The zero-order valence-corrected chi connectivity index (χ0v) is 29.7. The second-order valence-electron chi connectivity index (χ2n) is 13.9. The van der Waals surface area contributed by atoms with Crippen molar-refractivity contribution in [2.45, 2.75) is 64.8 Å². The van der Waals surface area contributed by atoms with Crippen LogP contribution in [0.3, 0.4) is 0 Å². The first kappa shape index (κ1) is 34.3. The minimum atomic E-state index is -0.261. The minimum absolute atomic E-state index is 0.0119. The lowest BCUT2D eigenvalue weighted by Crippen LogP contribution is -2.46. The Morgan fingerprint density at radius 2 is 1.84 bits per heavy atom. The van der Waals surface area contributed by atoms with Crippen molar-refractivity contribution >= 4 is 29.3 Å². The van der Waals surface area contributed by atoms with Crippen molar-refractivity contribution in [3.05, 3.63) is 75.6 Å². The Hall–Kier alpha value is -4.53. The molecule has 4 heterocycles. The second-order valence-corrected chi connectivity index (χ2v) is 13.9. The molecule has 2 aromatic rings. The smallest absolute Gasteiger partial charge is 0.409 e. The summed E-state index contributed by atoms with van der Waals surface area (Å²) in [6, 6.07) is 11.3. The Kier molecular flexibility index (Phi) is 9.91. The number of hydrogen-bond donors (Lipinski definition) is 2. The van der Waals surface area contributed by atoms with E-state index in [0.29, 0.717) is 30.4 Å². The van der Waals surface area contributed by atoms with Crippen LogP contribution in [0.1, 0.15) is 67.9 Å². The van der Waals surface area contributed by atoms with E-state index in [1.807, 2.05) is 38.9 Å². The summed E-state index contributed by atoms with van der Waals surface area (Å²) in [4.78, 5) is 44.6. The minimum Gasteiger partial charge on any atom is -0.453 e. The summed E-state index contributed by atoms with van der Waals surface area (Å²) < 4.78 is 10.7. The number of allylic oxidation sites excluding steroid dienone is 3. The number of dihydropyridines is 1. The lowest BCUT2D eigenvalue weighted by atomic mass is 9.74. The Morgan fingerprint density at radius 1 is 1.10 bits per heavy atom. The number of nitrogens with one attached hydrogen (secondary N) is 2. The SMILES string of the molecule is CCN(c1cc(-c2ccc3c(c2)N(C)CC32CCN(C(=O)OC)CC2)cc(C(=O)NCC2=C(C)C=C(C)NC2=C=O)c1C)C1CCOCC1. The molecule has 6 rings (SSSR count). The van der Waals surface area contributed by atoms with E-state index < -0.39 is 0 Å². The van der Waals surface area contributed by atoms with Gasteiger partial charge in [0.25, 0.3) is 5.91 Å². The van der Waals surface area contributed by atoms with Crippen LogP contribution in [0, 0.1) is 6.92 Å². The Morgan fingerprint density at radius 3 is 2.51 bits per heavy atom. The maximum Gasteiger partial charge on any atom is 0.409 e. The van der Waals surface area contributed by atoms with Crippen LogP contribution in [-0.2, 0) is 19.7 Å². The third kappa shape index (κ3) is 6.59. The molecular weight excluding hydrogens is 618 g/mol. The zero-order valence-electron chi connectivity index (χ0n) is 29.7. The number of likely N-dealkylation sites (N-methyl/N-ethyl adjacent to an activating group) is 1. The molecule has 4 aliphatic rings. The summed E-state index contributed by atoms with van der Waals surface area (Å²) in [5, 5.41) is 6.19. The quantitative estimate of drug-likeness (QED) is 0.374. The van der Waals surface area contributed by atoms with E-state index in [9.17, 15) is 14.4 Å². The summed E-state index contributed by atoms with van der Waals surface area (Å²) in [5.41, 5.74) is 10.0. The normalized spacial score (nSPS) is 18.9. The van der Waals surface area contributed by atoms with Gasteiger partial charge in [-0.1, -0.05) is 12.1 Å². The molecule has 0 saturated carbocycles. The number of methoxy groups -OCH3 is 1. The molecule has 2 saturated heterocycles. The standard InChI is InChI=1S/C39H49N5O5/c1-7-44(30-10-16-49-17-11-30)35-21-29(19-31(27(35)4)37(46)40-22-32-25(2)18-26(3)41-34(32)23-45)28-8-9-33-36(20-28)42(5)24-39(33)12-14-43(15-13-39)38(47)48-6/h8-9,18-21,30,41H,7,10-17,22,24H2,1-6H3,(H,40,46). The van der Waals surface area contributed by atoms with Crippen molar-refractivity contribution in [1.29, 1.82) is 0 Å². The fraction of sp³-hybridized carbons (Fsp3) is 0.487. The molecule has 0 aromatic heterocycles. The number of rotatable bonds is 7. The fourth-order valence-electron chi connectivity index (χ4n) is 8.29. The number of piperidine rings is 1. The third-order valence-corrected chi connectivity index (χ3v) is 11.0. The number of likely N-dealkylation sites (tertiary alicyclic amines) is 1. The van der Waals surface area contributed by atoms with Crippen LogP contribution in [0.15, 0.2) is 58.9 Å². The van der Waals surface area contributed by atoms with Gasteiger partial charge >= 0.3 is 6.09 Å². The van der Waals surface area contributed by atoms with Crippen molar-refractivity contribution < 1.29 is 23.9 Å². The summed E-state index contributed by atoms with van der Waals surface area (Å²) in [6.07, 6.45) is 5.35. The first-order valence-corrected chi connectivity index (χ1v) is 17.5. The lowest BCUT2D eigenvalue weighted by Gasteiger charge is -2.39. The average Bonchev–Trinajstić information content (AvgIpc) is 3.38. The number of nitrogens with zero attached hydrogens (tertiary/aromatic N) is 3. The molecule has 0 unspecified atom stereocenters. The van der Waals surface area contributed by atoms with Crippen LogP contribution in [0.4, 0.5) is 16.2 Å². The van der Waals surface area contributed by atoms with E-state index >= 15 is 0 Å². The Bertz CT molecular complexity index is 1740. The van der Waals surface area contributed by atoms with Gasteiger partial charge in [-0.2, -0.15) is 0 Å². The highest BCUT2D eigenvalue weighted by Crippen LogP contribution is 2.48. The molecule has 0 atom stereocenters. The Balaban J connectivity index is 1.36. The highest BCUT2D eigenvalue weighted by Gasteiger charge is 2.44. The van der Waals surface area contributed by atoms with Crippen LogP contribution in [0.25, 0.3) is 11.1 Å². The van der Waals surface area contributed by atoms with E-state index in [0.717, 1.165) is 91.2 Å². The van der Waals surface area contributed by atoms with Crippen LogP contribution >= 0.6 is 0 Å². The van der Waals surface area contributed by atoms with Gasteiger partial charge < -0.3 is 34.8 Å². The molecule has 1 spiro atoms. The van der Waals surface area contributed by atoms with Crippen molar-refractivity contribution in [2.24, 2.45) is 0 Å². The molecule has 4 aliphatic heterocycles. The summed E-state index contributed by atoms with van der Waals surface area (Å²) in [6.45, 7) is 12.8. The van der Waals surface area contributed by atoms with E-state index in [4.69, 9.17) is 9.47 Å². The summed E-state index contributed by atoms with van der Waals surface area (Å²) in [5.74, 6) is 1.82. The zero-order chi connectivity index (χ0) is 34.9. The van der Waals surface area contributed by atoms with Gasteiger partial charge in [0, 0.05) is 92.7 Å². The highest BCUT2D eigenvalue weighted by atomic mass is 16.5. The van der Waals surface area contributed by atoms with Crippen molar-refractivity contribution in [2.75, 3.05) is 69.9 Å². The number of amides is 2. The van der Waals surface area contributed by atoms with Crippen molar-refractivity contribution in [3.63, 3.8) is 0 Å².